The van der Waals surface area contributed by atoms with Crippen LogP contribution in [0.2, 0.25) is 0 Å². The van der Waals surface area contributed by atoms with Crippen LogP contribution >= 0.6 is 0 Å². The second-order valence-corrected chi connectivity index (χ2v) is 4.38. The zero-order chi connectivity index (χ0) is 13.8. The summed E-state index contributed by atoms with van der Waals surface area (Å²) < 4.78 is 5.28. The number of hydrogen-bond acceptors (Lipinski definition) is 4. The summed E-state index contributed by atoms with van der Waals surface area (Å²) in [5.41, 5.74) is 10.1. The predicted octanol–water partition coefficient (Wildman–Crippen LogP) is 2.11. The SMILES string of the molecule is CC1Nc2cc(OCN=[N+]=[N-])ccc2CN(C)C1=O. The zero-order valence-corrected chi connectivity index (χ0v) is 10.8. The molecule has 0 bridgehead atoms. The maximum Gasteiger partial charge on any atom is 0.244 e. The number of azide groups is 1. The summed E-state index contributed by atoms with van der Waals surface area (Å²) in [5, 5.41) is 6.47. The fourth-order valence-electron chi connectivity index (χ4n) is 2.01. The van der Waals surface area contributed by atoms with Crippen LogP contribution in [0, 0.1) is 0 Å². The number of nitrogens with one attached hydrogen (secondary N) is 1. The lowest BCUT2D eigenvalue weighted by molar-refractivity contribution is -0.130. The molecule has 0 radical (unpaired) electrons. The molecule has 1 aliphatic rings. The molecule has 1 aliphatic heterocycles. The van der Waals surface area contributed by atoms with Gasteiger partial charge in [-0.05, 0) is 24.1 Å². The van der Waals surface area contributed by atoms with Crippen LogP contribution in [0.15, 0.2) is 23.3 Å². The molecule has 0 saturated carbocycles. The summed E-state index contributed by atoms with van der Waals surface area (Å²) in [5.74, 6) is 0.649. The highest BCUT2D eigenvalue weighted by molar-refractivity contribution is 5.85. The molecule has 1 atom stereocenters. The van der Waals surface area contributed by atoms with Gasteiger partial charge in [0.1, 0.15) is 11.8 Å². The minimum absolute atomic E-state index is 0.0488. The lowest BCUT2D eigenvalue weighted by Gasteiger charge is -2.16. The number of benzene rings is 1. The molecule has 100 valence electrons. The van der Waals surface area contributed by atoms with Crippen molar-refractivity contribution in [3.8, 4) is 5.75 Å². The Morgan fingerprint density at radius 1 is 1.63 bits per heavy atom. The number of carbonyl (C=O) groups excluding carboxylic acids is 1. The zero-order valence-electron chi connectivity index (χ0n) is 10.8. The number of rotatable bonds is 3. The number of fused-ring (bicyclic) bond motifs is 1. The van der Waals surface area contributed by atoms with E-state index in [1.165, 1.54) is 0 Å². The quantitative estimate of drug-likeness (QED) is 0.513. The van der Waals surface area contributed by atoms with Crippen molar-refractivity contribution in [3.05, 3.63) is 34.2 Å². The van der Waals surface area contributed by atoms with Gasteiger partial charge in [-0.25, -0.2) is 0 Å². The van der Waals surface area contributed by atoms with Crippen LogP contribution in [0.1, 0.15) is 12.5 Å². The van der Waals surface area contributed by atoms with Gasteiger partial charge >= 0.3 is 0 Å². The Balaban J connectivity index is 2.22. The number of hydrogen-bond donors (Lipinski definition) is 1. The molecule has 1 amide bonds. The first-order valence-corrected chi connectivity index (χ1v) is 5.90. The Labute approximate surface area is 110 Å². The highest BCUT2D eigenvalue weighted by Crippen LogP contribution is 2.27. The largest absolute Gasteiger partial charge is 0.487 e. The Morgan fingerprint density at radius 3 is 3.16 bits per heavy atom. The van der Waals surface area contributed by atoms with E-state index in [1.807, 2.05) is 19.1 Å². The van der Waals surface area contributed by atoms with Gasteiger partial charge in [0.15, 0.2) is 6.73 Å². The van der Waals surface area contributed by atoms with Crippen molar-refractivity contribution in [2.45, 2.75) is 19.5 Å². The normalized spacial score (nSPS) is 17.9. The minimum Gasteiger partial charge on any atom is -0.487 e. The molecule has 7 nitrogen and oxygen atoms in total. The molecule has 2 rings (SSSR count). The number of carbonyl (C=O) groups is 1. The summed E-state index contributed by atoms with van der Waals surface area (Å²) in [6, 6.07) is 5.22. The molecule has 19 heavy (non-hydrogen) atoms. The first kappa shape index (κ1) is 13.0. The number of amides is 1. The van der Waals surface area contributed by atoms with Crippen LogP contribution in [0.3, 0.4) is 0 Å². The van der Waals surface area contributed by atoms with Gasteiger partial charge in [0.05, 0.1) is 0 Å². The highest BCUT2D eigenvalue weighted by atomic mass is 16.5. The summed E-state index contributed by atoms with van der Waals surface area (Å²) in [4.78, 5) is 16.2. The van der Waals surface area contributed by atoms with Crippen LogP contribution in [0.4, 0.5) is 5.69 Å². The van der Waals surface area contributed by atoms with Crippen LogP contribution in [-0.4, -0.2) is 30.6 Å². The monoisotopic (exact) mass is 261 g/mol. The van der Waals surface area contributed by atoms with Gasteiger partial charge in [-0.15, -0.1) is 0 Å². The van der Waals surface area contributed by atoms with Crippen molar-refractivity contribution in [2.75, 3.05) is 19.1 Å². The van der Waals surface area contributed by atoms with Crippen LogP contribution < -0.4 is 10.1 Å². The summed E-state index contributed by atoms with van der Waals surface area (Å²) >= 11 is 0. The summed E-state index contributed by atoms with van der Waals surface area (Å²) in [6.07, 6.45) is 0. The number of ether oxygens (including phenoxy) is 1. The molecule has 0 aromatic heterocycles. The average Bonchev–Trinajstić information content (AvgIpc) is 2.49. The molecule has 0 spiro atoms. The molecule has 0 aliphatic carbocycles. The van der Waals surface area contributed by atoms with E-state index in [-0.39, 0.29) is 18.7 Å². The van der Waals surface area contributed by atoms with Crippen molar-refractivity contribution < 1.29 is 9.53 Å². The minimum atomic E-state index is -0.279. The van der Waals surface area contributed by atoms with E-state index in [0.29, 0.717) is 12.3 Å². The van der Waals surface area contributed by atoms with Gasteiger partial charge in [0, 0.05) is 30.3 Å². The van der Waals surface area contributed by atoms with E-state index in [4.69, 9.17) is 10.3 Å². The Bertz CT molecular complexity index is 539. The van der Waals surface area contributed by atoms with Crippen molar-refractivity contribution >= 4 is 11.6 Å². The van der Waals surface area contributed by atoms with Crippen LogP contribution in [0.25, 0.3) is 10.4 Å². The topological polar surface area (TPSA) is 90.3 Å². The first-order valence-electron chi connectivity index (χ1n) is 5.90. The lowest BCUT2D eigenvalue weighted by atomic mass is 10.1. The third-order valence-electron chi connectivity index (χ3n) is 2.96. The van der Waals surface area contributed by atoms with Gasteiger partial charge < -0.3 is 15.0 Å². The van der Waals surface area contributed by atoms with Crippen molar-refractivity contribution in [1.29, 1.82) is 0 Å². The average molecular weight is 261 g/mol. The molecule has 1 aromatic carbocycles. The van der Waals surface area contributed by atoms with E-state index < -0.39 is 0 Å². The second kappa shape index (κ2) is 5.49. The maximum absolute atomic E-state index is 11.9. The number of nitrogens with zero attached hydrogens (tertiary/aromatic N) is 4. The lowest BCUT2D eigenvalue weighted by Crippen LogP contribution is -2.35. The predicted molar refractivity (Wildman–Crippen MR) is 70.6 cm³/mol. The van der Waals surface area contributed by atoms with Gasteiger partial charge in [-0.3, -0.25) is 4.79 Å². The van der Waals surface area contributed by atoms with E-state index in [2.05, 4.69) is 15.3 Å². The maximum atomic E-state index is 11.9. The van der Waals surface area contributed by atoms with E-state index in [1.54, 1.807) is 18.0 Å². The molecule has 1 N–H and O–H groups in total. The number of anilines is 1. The van der Waals surface area contributed by atoms with Gasteiger partial charge in [-0.2, -0.15) is 0 Å². The van der Waals surface area contributed by atoms with E-state index >= 15 is 0 Å². The van der Waals surface area contributed by atoms with Crippen molar-refractivity contribution in [3.63, 3.8) is 0 Å². The Hall–Kier alpha value is -2.40. The number of likely N-dealkylation sites (N-methyl/N-ethyl adjacent to an activating group) is 1. The second-order valence-electron chi connectivity index (χ2n) is 4.38. The van der Waals surface area contributed by atoms with E-state index in [0.717, 1.165) is 11.3 Å². The Kier molecular flexibility index (Phi) is 3.77. The first-order chi connectivity index (χ1) is 9.11. The fraction of sp³-hybridized carbons (Fsp3) is 0.417. The van der Waals surface area contributed by atoms with Crippen LogP contribution in [-0.2, 0) is 11.3 Å². The van der Waals surface area contributed by atoms with Gasteiger partial charge in [0.2, 0.25) is 5.91 Å². The molecular formula is C12H15N5O2. The standard InChI is InChI=1S/C12H15N5O2/c1-8-12(18)17(2)6-9-3-4-10(5-11(9)15-8)19-7-14-16-13/h3-5,8,15H,6-7H2,1-2H3. The van der Waals surface area contributed by atoms with Crippen molar-refractivity contribution in [1.82, 2.24) is 4.90 Å². The summed E-state index contributed by atoms with van der Waals surface area (Å²) in [7, 11) is 1.78. The third-order valence-corrected chi connectivity index (χ3v) is 2.96. The summed E-state index contributed by atoms with van der Waals surface area (Å²) in [6.45, 7) is 2.33. The van der Waals surface area contributed by atoms with Crippen LogP contribution in [0.5, 0.6) is 5.75 Å². The highest BCUT2D eigenvalue weighted by Gasteiger charge is 2.23. The van der Waals surface area contributed by atoms with Gasteiger partial charge in [-0.1, -0.05) is 11.2 Å². The third kappa shape index (κ3) is 2.89. The molecule has 1 heterocycles. The molecule has 7 heteroatoms. The molecule has 0 saturated heterocycles. The van der Waals surface area contributed by atoms with E-state index in [9.17, 15) is 4.79 Å². The molecule has 1 aromatic rings. The fourth-order valence-corrected chi connectivity index (χ4v) is 2.01. The Morgan fingerprint density at radius 2 is 2.42 bits per heavy atom. The molecular weight excluding hydrogens is 246 g/mol. The molecule has 0 fully saturated rings. The van der Waals surface area contributed by atoms with Gasteiger partial charge in [0.25, 0.3) is 0 Å². The smallest absolute Gasteiger partial charge is 0.244 e. The molecule has 1 unspecified atom stereocenters. The van der Waals surface area contributed by atoms with Crippen molar-refractivity contribution in [2.24, 2.45) is 5.11 Å².